The van der Waals surface area contributed by atoms with Crippen molar-refractivity contribution in [3.63, 3.8) is 0 Å². The second-order valence-corrected chi connectivity index (χ2v) is 4.78. The molecule has 4 nitrogen and oxygen atoms in total. The fourth-order valence-corrected chi connectivity index (χ4v) is 1.94. The molecule has 0 atom stereocenters. The molecule has 0 aliphatic rings. The van der Waals surface area contributed by atoms with Crippen molar-refractivity contribution in [3.05, 3.63) is 29.6 Å². The lowest BCUT2D eigenvalue weighted by Gasteiger charge is -2.03. The number of unbranched alkanes of at least 4 members (excludes halogenated alkanes) is 2. The van der Waals surface area contributed by atoms with Crippen LogP contribution in [0.1, 0.15) is 57.2 Å². The lowest BCUT2D eigenvalue weighted by Crippen LogP contribution is -2.16. The van der Waals surface area contributed by atoms with Gasteiger partial charge in [-0.1, -0.05) is 19.9 Å². The molecule has 21 heavy (non-hydrogen) atoms. The number of carbonyl (C=O) groups excluding carboxylic acids is 1. The van der Waals surface area contributed by atoms with E-state index in [0.29, 0.717) is 6.42 Å². The molecule has 1 amide bonds. The average Bonchev–Trinajstić information content (AvgIpc) is 2.55. The van der Waals surface area contributed by atoms with Gasteiger partial charge in [-0.05, 0) is 56.7 Å². The topological polar surface area (TPSA) is 68.0 Å². The number of pyridine rings is 1. The number of carbonyl (C=O) groups is 1. The van der Waals surface area contributed by atoms with Crippen molar-refractivity contribution in [2.24, 2.45) is 5.73 Å². The number of hydrogen-bond donors (Lipinski definition) is 2. The number of nitrogens with two attached hydrogens (primary N) is 1. The Kier molecular flexibility index (Phi) is 12.6. The van der Waals surface area contributed by atoms with E-state index in [1.807, 2.05) is 20.0 Å². The molecule has 1 aromatic heterocycles. The highest BCUT2D eigenvalue weighted by Gasteiger charge is 2.00. The normalized spacial score (nSPS) is 9.71. The van der Waals surface area contributed by atoms with Gasteiger partial charge < -0.3 is 11.1 Å². The molecule has 0 saturated carbocycles. The van der Waals surface area contributed by atoms with Crippen LogP contribution in [0.2, 0.25) is 0 Å². The first-order chi connectivity index (χ1) is 10.3. The molecule has 1 rings (SSSR count). The number of nitrogens with zero attached hydrogens (tertiary/aromatic N) is 1. The molecule has 0 aromatic carbocycles. The fraction of sp³-hybridized carbons (Fsp3) is 0.647. The summed E-state index contributed by atoms with van der Waals surface area (Å²) in [5, 5.41) is 2.63. The Hall–Kier alpha value is -1.42. The number of amides is 1. The second kappa shape index (κ2) is 13.6. The second-order valence-electron chi connectivity index (χ2n) is 4.78. The van der Waals surface area contributed by atoms with Gasteiger partial charge in [-0.3, -0.25) is 9.78 Å². The number of aryl methyl sites for hydroxylation is 2. The van der Waals surface area contributed by atoms with Crippen molar-refractivity contribution in [2.45, 2.75) is 58.8 Å². The standard InChI is InChI=1S/C15H25N3O.C2H6/c1-17-15(19)8-3-2-7-14-10-9-13(12-18-14)6-4-5-11-16;1-2/h9-10,12H,2-8,11,16H2,1H3,(H,17,19);1-2H3. The van der Waals surface area contributed by atoms with E-state index >= 15 is 0 Å². The maximum atomic E-state index is 11.1. The molecular weight excluding hydrogens is 262 g/mol. The summed E-state index contributed by atoms with van der Waals surface area (Å²) in [5.74, 6) is 0.114. The molecular formula is C17H31N3O. The molecule has 0 radical (unpaired) electrons. The SMILES string of the molecule is CC.CNC(=O)CCCCc1ccc(CCCCN)cn1. The van der Waals surface area contributed by atoms with Gasteiger partial charge in [0, 0.05) is 25.4 Å². The van der Waals surface area contributed by atoms with Crippen LogP contribution in [-0.4, -0.2) is 24.5 Å². The van der Waals surface area contributed by atoms with Crippen LogP contribution in [0, 0.1) is 0 Å². The predicted molar refractivity (Wildman–Crippen MR) is 89.2 cm³/mol. The largest absolute Gasteiger partial charge is 0.359 e. The lowest BCUT2D eigenvalue weighted by molar-refractivity contribution is -0.120. The van der Waals surface area contributed by atoms with Crippen molar-refractivity contribution >= 4 is 5.91 Å². The molecule has 4 heteroatoms. The molecule has 3 N–H and O–H groups in total. The first-order valence-corrected chi connectivity index (χ1v) is 8.10. The van der Waals surface area contributed by atoms with E-state index in [0.717, 1.165) is 50.8 Å². The van der Waals surface area contributed by atoms with Crippen LogP contribution in [0.3, 0.4) is 0 Å². The molecule has 0 aliphatic carbocycles. The maximum Gasteiger partial charge on any atom is 0.219 e. The van der Waals surface area contributed by atoms with Crippen LogP contribution in [0.25, 0.3) is 0 Å². The van der Waals surface area contributed by atoms with Crippen molar-refractivity contribution in [2.75, 3.05) is 13.6 Å². The van der Waals surface area contributed by atoms with Gasteiger partial charge in [0.2, 0.25) is 5.91 Å². The van der Waals surface area contributed by atoms with Gasteiger partial charge in [0.05, 0.1) is 0 Å². The van der Waals surface area contributed by atoms with Crippen LogP contribution in [-0.2, 0) is 17.6 Å². The van der Waals surface area contributed by atoms with Gasteiger partial charge in [-0.2, -0.15) is 0 Å². The van der Waals surface area contributed by atoms with Crippen LogP contribution in [0.4, 0.5) is 0 Å². The summed E-state index contributed by atoms with van der Waals surface area (Å²) >= 11 is 0. The molecule has 0 bridgehead atoms. The Morgan fingerprint density at radius 3 is 2.43 bits per heavy atom. The smallest absolute Gasteiger partial charge is 0.219 e. The summed E-state index contributed by atoms with van der Waals surface area (Å²) in [6.45, 7) is 4.76. The van der Waals surface area contributed by atoms with Gasteiger partial charge >= 0.3 is 0 Å². The van der Waals surface area contributed by atoms with Crippen LogP contribution in [0.15, 0.2) is 18.3 Å². The van der Waals surface area contributed by atoms with Crippen LogP contribution < -0.4 is 11.1 Å². The zero-order chi connectivity index (χ0) is 15.9. The first-order valence-electron chi connectivity index (χ1n) is 8.10. The average molecular weight is 293 g/mol. The molecule has 0 fully saturated rings. The van der Waals surface area contributed by atoms with Crippen molar-refractivity contribution in [1.29, 1.82) is 0 Å². The van der Waals surface area contributed by atoms with E-state index in [-0.39, 0.29) is 5.91 Å². The molecule has 0 unspecified atom stereocenters. The fourth-order valence-electron chi connectivity index (χ4n) is 1.94. The zero-order valence-electron chi connectivity index (χ0n) is 13.8. The van der Waals surface area contributed by atoms with E-state index in [4.69, 9.17) is 5.73 Å². The molecule has 0 aliphatic heterocycles. The van der Waals surface area contributed by atoms with Crippen LogP contribution >= 0.6 is 0 Å². The van der Waals surface area contributed by atoms with E-state index in [1.54, 1.807) is 7.05 Å². The summed E-state index contributed by atoms with van der Waals surface area (Å²) in [7, 11) is 1.67. The van der Waals surface area contributed by atoms with E-state index in [2.05, 4.69) is 22.4 Å². The van der Waals surface area contributed by atoms with Gasteiger partial charge in [0.1, 0.15) is 0 Å². The van der Waals surface area contributed by atoms with Gasteiger partial charge in [0.25, 0.3) is 0 Å². The number of rotatable bonds is 9. The quantitative estimate of drug-likeness (QED) is 0.688. The predicted octanol–water partition coefficient (Wildman–Crippen LogP) is 2.85. The van der Waals surface area contributed by atoms with E-state index in [9.17, 15) is 4.79 Å². The van der Waals surface area contributed by atoms with Gasteiger partial charge in [0.15, 0.2) is 0 Å². The zero-order valence-corrected chi connectivity index (χ0v) is 13.8. The Morgan fingerprint density at radius 1 is 1.14 bits per heavy atom. The summed E-state index contributed by atoms with van der Waals surface area (Å²) in [4.78, 5) is 15.5. The van der Waals surface area contributed by atoms with Crippen LogP contribution in [0.5, 0.6) is 0 Å². The lowest BCUT2D eigenvalue weighted by atomic mass is 10.1. The summed E-state index contributed by atoms with van der Waals surface area (Å²) in [6.07, 6.45) is 8.69. The summed E-state index contributed by atoms with van der Waals surface area (Å²) < 4.78 is 0. The van der Waals surface area contributed by atoms with E-state index in [1.165, 1.54) is 5.56 Å². The number of hydrogen-bond acceptors (Lipinski definition) is 3. The highest BCUT2D eigenvalue weighted by Crippen LogP contribution is 2.08. The third-order valence-corrected chi connectivity index (χ3v) is 3.17. The molecule has 0 spiro atoms. The monoisotopic (exact) mass is 293 g/mol. The third kappa shape index (κ3) is 10.0. The van der Waals surface area contributed by atoms with Crippen molar-refractivity contribution in [3.8, 4) is 0 Å². The molecule has 1 aromatic rings. The Morgan fingerprint density at radius 2 is 1.86 bits per heavy atom. The van der Waals surface area contributed by atoms with Crippen molar-refractivity contribution < 1.29 is 4.79 Å². The number of aromatic nitrogens is 1. The minimum absolute atomic E-state index is 0.114. The molecule has 1 heterocycles. The van der Waals surface area contributed by atoms with E-state index < -0.39 is 0 Å². The first kappa shape index (κ1) is 19.6. The minimum Gasteiger partial charge on any atom is -0.359 e. The minimum atomic E-state index is 0.114. The summed E-state index contributed by atoms with van der Waals surface area (Å²) in [5.41, 5.74) is 7.86. The Labute approximate surface area is 129 Å². The number of nitrogens with one attached hydrogen (secondary N) is 1. The Balaban J connectivity index is 0.00000191. The highest BCUT2D eigenvalue weighted by atomic mass is 16.1. The summed E-state index contributed by atoms with van der Waals surface area (Å²) in [6, 6.07) is 4.25. The third-order valence-electron chi connectivity index (χ3n) is 3.17. The molecule has 0 saturated heterocycles. The van der Waals surface area contributed by atoms with Gasteiger partial charge in [-0.25, -0.2) is 0 Å². The highest BCUT2D eigenvalue weighted by molar-refractivity contribution is 5.75. The molecule has 120 valence electrons. The van der Waals surface area contributed by atoms with Crippen molar-refractivity contribution in [1.82, 2.24) is 10.3 Å². The Bertz CT molecular complexity index is 363. The van der Waals surface area contributed by atoms with Gasteiger partial charge in [-0.15, -0.1) is 0 Å². The maximum absolute atomic E-state index is 11.1.